The third-order valence-electron chi connectivity index (χ3n) is 6.84. The van der Waals surface area contributed by atoms with Gasteiger partial charge in [-0.1, -0.05) is 71.6 Å². The molecule has 1 heterocycles. The molecule has 2 aromatic rings. The van der Waals surface area contributed by atoms with Gasteiger partial charge >= 0.3 is 0 Å². The van der Waals surface area contributed by atoms with Crippen LogP contribution in [0.25, 0.3) is 11.4 Å². The van der Waals surface area contributed by atoms with Gasteiger partial charge in [0.1, 0.15) is 11.8 Å². The van der Waals surface area contributed by atoms with Crippen molar-refractivity contribution in [3.63, 3.8) is 0 Å². The second-order valence-electron chi connectivity index (χ2n) is 9.36. The second kappa shape index (κ2) is 13.2. The summed E-state index contributed by atoms with van der Waals surface area (Å²) in [7, 11) is 0. The van der Waals surface area contributed by atoms with Crippen LogP contribution in [0.15, 0.2) is 30.6 Å². The molecule has 0 aliphatic heterocycles. The summed E-state index contributed by atoms with van der Waals surface area (Å²) in [5, 5.41) is 9.48. The van der Waals surface area contributed by atoms with Gasteiger partial charge in [-0.15, -0.1) is 0 Å². The highest BCUT2D eigenvalue weighted by Crippen LogP contribution is 2.34. The van der Waals surface area contributed by atoms with E-state index in [2.05, 4.69) is 29.9 Å². The first-order valence-corrected chi connectivity index (χ1v) is 12.7. The van der Waals surface area contributed by atoms with Crippen LogP contribution in [0.2, 0.25) is 0 Å². The maximum atomic E-state index is 9.48. The smallest absolute Gasteiger partial charge is 0.159 e. The van der Waals surface area contributed by atoms with Crippen molar-refractivity contribution in [2.24, 2.45) is 11.8 Å². The molecule has 1 fully saturated rings. The Morgan fingerprint density at radius 3 is 2.28 bits per heavy atom. The van der Waals surface area contributed by atoms with E-state index >= 15 is 0 Å². The van der Waals surface area contributed by atoms with Crippen molar-refractivity contribution in [2.75, 3.05) is 6.61 Å². The molecule has 1 saturated carbocycles. The van der Waals surface area contributed by atoms with Crippen LogP contribution in [0.5, 0.6) is 5.75 Å². The van der Waals surface area contributed by atoms with Gasteiger partial charge in [-0.05, 0) is 54.9 Å². The van der Waals surface area contributed by atoms with Crippen molar-refractivity contribution in [1.29, 1.82) is 5.26 Å². The molecule has 1 aromatic heterocycles. The minimum atomic E-state index is 0.538. The van der Waals surface area contributed by atoms with E-state index in [1.165, 1.54) is 63.4 Å². The predicted molar refractivity (Wildman–Crippen MR) is 130 cm³/mol. The fourth-order valence-corrected chi connectivity index (χ4v) is 4.70. The Bertz CT molecular complexity index is 848. The van der Waals surface area contributed by atoms with Crippen molar-refractivity contribution in [1.82, 2.24) is 9.97 Å². The van der Waals surface area contributed by atoms with Crippen LogP contribution in [0.3, 0.4) is 0 Å². The van der Waals surface area contributed by atoms with E-state index in [9.17, 15) is 5.26 Å². The summed E-state index contributed by atoms with van der Waals surface area (Å²) in [5.74, 6) is 3.14. The zero-order chi connectivity index (χ0) is 22.6. The average molecular weight is 434 g/mol. The molecule has 0 unspecified atom stereocenters. The highest BCUT2D eigenvalue weighted by Gasteiger charge is 2.20. The molecular formula is C28H39N3O. The monoisotopic (exact) mass is 433 g/mol. The molecule has 4 heteroatoms. The van der Waals surface area contributed by atoms with Crippen LogP contribution in [0.1, 0.15) is 95.6 Å². The molecule has 1 aliphatic carbocycles. The van der Waals surface area contributed by atoms with E-state index in [4.69, 9.17) is 4.74 Å². The zero-order valence-corrected chi connectivity index (χ0v) is 20.0. The standard InChI is InChI=1S/C28H39N3O/c1-3-5-7-8-22-9-11-23(12-10-22)13-14-24-20-30-28(31-21-24)25-15-16-27(26(18-25)19-29)32-17-6-4-2/h15-16,18,20-23H,3-14,17H2,1-2H3. The van der Waals surface area contributed by atoms with Gasteiger partial charge in [0.2, 0.25) is 0 Å². The number of aromatic nitrogens is 2. The minimum absolute atomic E-state index is 0.538. The van der Waals surface area contributed by atoms with Gasteiger partial charge in [0.15, 0.2) is 5.82 Å². The molecule has 1 aromatic carbocycles. The van der Waals surface area contributed by atoms with Crippen molar-refractivity contribution in [3.05, 3.63) is 41.7 Å². The van der Waals surface area contributed by atoms with E-state index in [-0.39, 0.29) is 0 Å². The molecule has 0 N–H and O–H groups in total. The summed E-state index contributed by atoms with van der Waals surface area (Å²) < 4.78 is 5.74. The van der Waals surface area contributed by atoms with Gasteiger partial charge in [-0.3, -0.25) is 0 Å². The maximum Gasteiger partial charge on any atom is 0.159 e. The fourth-order valence-electron chi connectivity index (χ4n) is 4.70. The first-order chi connectivity index (χ1) is 15.7. The molecule has 0 bridgehead atoms. The minimum Gasteiger partial charge on any atom is -0.492 e. The van der Waals surface area contributed by atoms with Crippen molar-refractivity contribution >= 4 is 0 Å². The predicted octanol–water partition coefficient (Wildman–Crippen LogP) is 7.51. The molecular weight excluding hydrogens is 394 g/mol. The lowest BCUT2D eigenvalue weighted by atomic mass is 9.78. The van der Waals surface area contributed by atoms with Gasteiger partial charge in [-0.2, -0.15) is 5.26 Å². The van der Waals surface area contributed by atoms with E-state index in [0.717, 1.165) is 36.7 Å². The number of nitrogens with zero attached hydrogens (tertiary/aromatic N) is 3. The lowest BCUT2D eigenvalue weighted by Gasteiger charge is -2.28. The van der Waals surface area contributed by atoms with Crippen molar-refractivity contribution in [2.45, 2.75) is 90.9 Å². The summed E-state index contributed by atoms with van der Waals surface area (Å²) in [4.78, 5) is 9.17. The lowest BCUT2D eigenvalue weighted by molar-refractivity contribution is 0.249. The molecule has 172 valence electrons. The quantitative estimate of drug-likeness (QED) is 0.325. The molecule has 0 saturated heterocycles. The average Bonchev–Trinajstić information content (AvgIpc) is 2.84. The number of hydrogen-bond donors (Lipinski definition) is 0. The van der Waals surface area contributed by atoms with Crippen LogP contribution in [-0.4, -0.2) is 16.6 Å². The van der Waals surface area contributed by atoms with Crippen LogP contribution in [0, 0.1) is 23.2 Å². The Kier molecular flexibility index (Phi) is 10.0. The highest BCUT2D eigenvalue weighted by atomic mass is 16.5. The molecule has 3 rings (SSSR count). The molecule has 0 radical (unpaired) electrons. The highest BCUT2D eigenvalue weighted by molar-refractivity contribution is 5.61. The summed E-state index contributed by atoms with van der Waals surface area (Å²) in [6.45, 7) is 5.05. The first kappa shape index (κ1) is 24.2. The summed E-state index contributed by atoms with van der Waals surface area (Å²) in [6, 6.07) is 7.87. The first-order valence-electron chi connectivity index (χ1n) is 12.7. The van der Waals surface area contributed by atoms with Crippen LogP contribution < -0.4 is 4.74 Å². The fraction of sp³-hybridized carbons (Fsp3) is 0.607. The second-order valence-corrected chi connectivity index (χ2v) is 9.36. The third-order valence-corrected chi connectivity index (χ3v) is 6.84. The van der Waals surface area contributed by atoms with Crippen molar-refractivity contribution in [3.8, 4) is 23.2 Å². The number of nitriles is 1. The van der Waals surface area contributed by atoms with Crippen molar-refractivity contribution < 1.29 is 4.74 Å². The van der Waals surface area contributed by atoms with Gasteiger partial charge in [0.25, 0.3) is 0 Å². The Balaban J connectivity index is 1.48. The van der Waals surface area contributed by atoms with Crippen LogP contribution in [0.4, 0.5) is 0 Å². The largest absolute Gasteiger partial charge is 0.492 e. The van der Waals surface area contributed by atoms with Gasteiger partial charge < -0.3 is 4.74 Å². The molecule has 0 atom stereocenters. The van der Waals surface area contributed by atoms with E-state index < -0.39 is 0 Å². The molecule has 32 heavy (non-hydrogen) atoms. The maximum absolute atomic E-state index is 9.48. The number of ether oxygens (including phenoxy) is 1. The zero-order valence-electron chi connectivity index (χ0n) is 20.0. The number of benzene rings is 1. The lowest BCUT2D eigenvalue weighted by Crippen LogP contribution is -2.15. The molecule has 4 nitrogen and oxygen atoms in total. The van der Waals surface area contributed by atoms with Crippen LogP contribution in [-0.2, 0) is 6.42 Å². The molecule has 1 aliphatic rings. The Hall–Kier alpha value is -2.41. The SMILES string of the molecule is CCCCCC1CCC(CCc2cnc(-c3ccc(OCCCC)c(C#N)c3)nc2)CC1. The van der Waals surface area contributed by atoms with Gasteiger partial charge in [-0.25, -0.2) is 9.97 Å². The number of unbranched alkanes of at least 4 members (excludes halogenated alkanes) is 3. The number of hydrogen-bond acceptors (Lipinski definition) is 4. The Labute approximate surface area is 194 Å². The molecule has 0 amide bonds. The Morgan fingerprint density at radius 1 is 0.938 bits per heavy atom. The number of aryl methyl sites for hydroxylation is 1. The van der Waals surface area contributed by atoms with E-state index in [0.29, 0.717) is 23.7 Å². The van der Waals surface area contributed by atoms with Gasteiger partial charge in [0.05, 0.1) is 12.2 Å². The third kappa shape index (κ3) is 7.33. The van der Waals surface area contributed by atoms with E-state index in [1.807, 2.05) is 30.6 Å². The summed E-state index contributed by atoms with van der Waals surface area (Å²) in [6.07, 6.45) is 19.5. The summed E-state index contributed by atoms with van der Waals surface area (Å²) >= 11 is 0. The Morgan fingerprint density at radius 2 is 1.62 bits per heavy atom. The number of rotatable bonds is 12. The molecule has 0 spiro atoms. The van der Waals surface area contributed by atoms with E-state index in [1.54, 1.807) is 0 Å². The summed E-state index contributed by atoms with van der Waals surface area (Å²) in [5.41, 5.74) is 2.60. The van der Waals surface area contributed by atoms with Crippen LogP contribution >= 0.6 is 0 Å². The topological polar surface area (TPSA) is 58.8 Å². The van der Waals surface area contributed by atoms with Gasteiger partial charge in [0, 0.05) is 18.0 Å². The normalized spacial score (nSPS) is 18.3.